The van der Waals surface area contributed by atoms with Crippen LogP contribution in [0.1, 0.15) is 30.3 Å². The molecule has 0 amide bonds. The van der Waals surface area contributed by atoms with E-state index in [2.05, 4.69) is 30.5 Å². The van der Waals surface area contributed by atoms with E-state index in [9.17, 15) is 18.8 Å². The molecule has 4 aromatic rings. The molecule has 0 radical (unpaired) electrons. The standard InChI is InChI=1S/C20H16F2N10O/c21-9-5-10-15(12(22)6-9)28-18(32(19(10)33)13-3-4-26-31-13)14(8-1-2-8)27-17-11(7-23)16(24)29-20(25)30-17/h3-6,8,14H,1-2H2,(H,26,31)(H5,24,25,27,29,30). The first-order valence-corrected chi connectivity index (χ1v) is 9.88. The van der Waals surface area contributed by atoms with Crippen LogP contribution in [0.25, 0.3) is 16.7 Å². The van der Waals surface area contributed by atoms with Crippen molar-refractivity contribution in [1.29, 1.82) is 5.26 Å². The SMILES string of the molecule is N#Cc1c(N)nc(N)nc1NC(c1nc2c(F)cc(F)cc2c(=O)n1-c1ccn[nH]1)C1CC1. The summed E-state index contributed by atoms with van der Waals surface area (Å²) in [4.78, 5) is 25.7. The molecular formula is C20H16F2N10O. The van der Waals surface area contributed by atoms with Crippen LogP contribution in [0.3, 0.4) is 0 Å². The summed E-state index contributed by atoms with van der Waals surface area (Å²) < 4.78 is 29.7. The Balaban J connectivity index is 1.77. The Morgan fingerprint density at radius 3 is 2.70 bits per heavy atom. The quantitative estimate of drug-likeness (QED) is 0.353. The van der Waals surface area contributed by atoms with Gasteiger partial charge in [-0.2, -0.15) is 20.3 Å². The molecule has 33 heavy (non-hydrogen) atoms. The van der Waals surface area contributed by atoms with Gasteiger partial charge in [0.25, 0.3) is 5.56 Å². The maximum absolute atomic E-state index is 14.6. The zero-order chi connectivity index (χ0) is 23.3. The number of nitrogens with two attached hydrogens (primary N) is 2. The largest absolute Gasteiger partial charge is 0.382 e. The fourth-order valence-corrected chi connectivity index (χ4v) is 3.73. The lowest BCUT2D eigenvalue weighted by molar-refractivity contribution is 0.580. The Kier molecular flexibility index (Phi) is 4.63. The predicted molar refractivity (Wildman–Crippen MR) is 114 cm³/mol. The van der Waals surface area contributed by atoms with Crippen molar-refractivity contribution < 1.29 is 8.78 Å². The van der Waals surface area contributed by atoms with Crippen LogP contribution in [0.2, 0.25) is 0 Å². The number of aromatic nitrogens is 6. The molecule has 1 saturated carbocycles. The molecule has 0 aliphatic heterocycles. The fraction of sp³-hybridized carbons (Fsp3) is 0.200. The van der Waals surface area contributed by atoms with Crippen LogP contribution in [-0.2, 0) is 0 Å². The number of rotatable bonds is 5. The lowest BCUT2D eigenvalue weighted by atomic mass is 10.1. The third-order valence-corrected chi connectivity index (χ3v) is 5.37. The average Bonchev–Trinajstić information content (AvgIpc) is 3.46. The van der Waals surface area contributed by atoms with Crippen LogP contribution in [0.5, 0.6) is 0 Å². The van der Waals surface area contributed by atoms with Crippen LogP contribution in [-0.4, -0.2) is 29.7 Å². The van der Waals surface area contributed by atoms with E-state index in [1.165, 1.54) is 16.8 Å². The number of halogens is 2. The molecule has 166 valence electrons. The van der Waals surface area contributed by atoms with Crippen molar-refractivity contribution in [3.63, 3.8) is 0 Å². The predicted octanol–water partition coefficient (Wildman–Crippen LogP) is 1.78. The number of nitrogens with zero attached hydrogens (tertiary/aromatic N) is 6. The van der Waals surface area contributed by atoms with Crippen LogP contribution < -0.4 is 22.3 Å². The van der Waals surface area contributed by atoms with E-state index >= 15 is 0 Å². The van der Waals surface area contributed by atoms with E-state index in [0.29, 0.717) is 6.07 Å². The van der Waals surface area contributed by atoms with Gasteiger partial charge in [-0.15, -0.1) is 0 Å². The number of hydrogen-bond acceptors (Lipinski definition) is 9. The molecule has 1 atom stereocenters. The lowest BCUT2D eigenvalue weighted by Gasteiger charge is -2.23. The van der Waals surface area contributed by atoms with Gasteiger partial charge < -0.3 is 16.8 Å². The number of fused-ring (bicyclic) bond motifs is 1. The highest BCUT2D eigenvalue weighted by Crippen LogP contribution is 2.43. The second kappa shape index (κ2) is 7.52. The first kappa shape index (κ1) is 20.3. The van der Waals surface area contributed by atoms with Crippen LogP contribution in [0, 0.1) is 28.9 Å². The van der Waals surface area contributed by atoms with Gasteiger partial charge in [-0.1, -0.05) is 0 Å². The molecule has 0 saturated heterocycles. The summed E-state index contributed by atoms with van der Waals surface area (Å²) in [7, 11) is 0. The molecule has 11 nitrogen and oxygen atoms in total. The molecule has 1 aromatic carbocycles. The van der Waals surface area contributed by atoms with Gasteiger partial charge in [-0.3, -0.25) is 9.89 Å². The minimum atomic E-state index is -0.970. The Bertz CT molecular complexity index is 1490. The molecule has 0 spiro atoms. The molecule has 1 fully saturated rings. The summed E-state index contributed by atoms with van der Waals surface area (Å²) in [5.41, 5.74) is 10.5. The summed E-state index contributed by atoms with van der Waals surface area (Å²) in [6, 6.07) is 4.37. The average molecular weight is 450 g/mol. The summed E-state index contributed by atoms with van der Waals surface area (Å²) in [5, 5.41) is 18.9. The smallest absolute Gasteiger partial charge is 0.267 e. The zero-order valence-corrected chi connectivity index (χ0v) is 16.9. The molecule has 0 bridgehead atoms. The van der Waals surface area contributed by atoms with Crippen molar-refractivity contribution in [3.8, 4) is 11.9 Å². The first-order chi connectivity index (χ1) is 15.9. The van der Waals surface area contributed by atoms with Crippen molar-refractivity contribution >= 4 is 28.5 Å². The molecular weight excluding hydrogens is 434 g/mol. The minimum Gasteiger partial charge on any atom is -0.382 e. The van der Waals surface area contributed by atoms with E-state index < -0.39 is 23.2 Å². The van der Waals surface area contributed by atoms with Gasteiger partial charge in [-0.05, 0) is 24.8 Å². The first-order valence-electron chi connectivity index (χ1n) is 9.88. The number of anilines is 3. The van der Waals surface area contributed by atoms with Gasteiger partial charge in [0.2, 0.25) is 5.95 Å². The van der Waals surface area contributed by atoms with E-state index in [4.69, 9.17) is 11.5 Å². The number of nitrogens with one attached hydrogen (secondary N) is 2. The van der Waals surface area contributed by atoms with Crippen LogP contribution >= 0.6 is 0 Å². The molecule has 13 heteroatoms. The summed E-state index contributed by atoms with van der Waals surface area (Å²) in [5.74, 6) is -1.70. The summed E-state index contributed by atoms with van der Waals surface area (Å²) >= 11 is 0. The van der Waals surface area contributed by atoms with E-state index in [1.54, 1.807) is 0 Å². The Morgan fingerprint density at radius 1 is 1.24 bits per heavy atom. The molecule has 1 aliphatic rings. The number of hydrogen-bond donors (Lipinski definition) is 4. The van der Waals surface area contributed by atoms with Crippen molar-refractivity contribution in [2.45, 2.75) is 18.9 Å². The minimum absolute atomic E-state index is 0.0176. The monoisotopic (exact) mass is 450 g/mol. The fourth-order valence-electron chi connectivity index (χ4n) is 3.73. The van der Waals surface area contributed by atoms with Crippen LogP contribution in [0.15, 0.2) is 29.2 Å². The normalized spacial score (nSPS) is 14.2. The van der Waals surface area contributed by atoms with Gasteiger partial charge in [0.15, 0.2) is 11.6 Å². The number of benzene rings is 1. The number of aromatic amines is 1. The third kappa shape index (κ3) is 3.47. The van der Waals surface area contributed by atoms with Crippen molar-refractivity contribution in [2.24, 2.45) is 5.92 Å². The lowest BCUT2D eigenvalue weighted by Crippen LogP contribution is -2.30. The molecule has 3 heterocycles. The molecule has 1 aliphatic carbocycles. The van der Waals surface area contributed by atoms with Gasteiger partial charge in [0.05, 0.1) is 17.6 Å². The maximum Gasteiger partial charge on any atom is 0.267 e. The number of H-pyrrole nitrogens is 1. The Hall–Kier alpha value is -4.60. The number of nitrogen functional groups attached to an aromatic ring is 2. The second-order valence-electron chi connectivity index (χ2n) is 7.60. The second-order valence-corrected chi connectivity index (χ2v) is 7.60. The van der Waals surface area contributed by atoms with E-state index in [0.717, 1.165) is 18.9 Å². The topological polar surface area (TPSA) is 177 Å². The molecule has 1 unspecified atom stereocenters. The number of nitriles is 1. The van der Waals surface area contributed by atoms with E-state index in [1.807, 2.05) is 6.07 Å². The Labute approximate surface area is 184 Å². The molecule has 6 N–H and O–H groups in total. The summed E-state index contributed by atoms with van der Waals surface area (Å²) in [6.07, 6.45) is 2.98. The molecule has 5 rings (SSSR count). The zero-order valence-electron chi connectivity index (χ0n) is 16.9. The van der Waals surface area contributed by atoms with Gasteiger partial charge in [0, 0.05) is 12.1 Å². The third-order valence-electron chi connectivity index (χ3n) is 5.37. The van der Waals surface area contributed by atoms with Gasteiger partial charge in [-0.25, -0.2) is 18.3 Å². The molecule has 3 aromatic heterocycles. The van der Waals surface area contributed by atoms with Crippen molar-refractivity contribution in [3.05, 3.63) is 57.8 Å². The highest BCUT2D eigenvalue weighted by Gasteiger charge is 2.37. The van der Waals surface area contributed by atoms with Crippen molar-refractivity contribution in [1.82, 2.24) is 29.7 Å². The van der Waals surface area contributed by atoms with Crippen molar-refractivity contribution in [2.75, 3.05) is 16.8 Å². The highest BCUT2D eigenvalue weighted by molar-refractivity contribution is 5.79. The van der Waals surface area contributed by atoms with Crippen LogP contribution in [0.4, 0.5) is 26.4 Å². The van der Waals surface area contributed by atoms with E-state index in [-0.39, 0.29) is 51.6 Å². The Morgan fingerprint density at radius 2 is 2.03 bits per heavy atom. The van der Waals surface area contributed by atoms with Gasteiger partial charge >= 0.3 is 0 Å². The van der Waals surface area contributed by atoms with Gasteiger partial charge in [0.1, 0.15) is 40.4 Å². The summed E-state index contributed by atoms with van der Waals surface area (Å²) in [6.45, 7) is 0. The maximum atomic E-state index is 14.6. The highest BCUT2D eigenvalue weighted by atomic mass is 19.1.